The van der Waals surface area contributed by atoms with Gasteiger partial charge in [0.2, 0.25) is 5.91 Å². The molecule has 1 saturated heterocycles. The highest BCUT2D eigenvalue weighted by Crippen LogP contribution is 2.13. The summed E-state index contributed by atoms with van der Waals surface area (Å²) < 4.78 is 0.939. The Morgan fingerprint density at radius 2 is 1.87 bits per heavy atom. The van der Waals surface area contributed by atoms with Crippen LogP contribution >= 0.6 is 28.3 Å². The molecule has 0 bridgehead atoms. The summed E-state index contributed by atoms with van der Waals surface area (Å²) in [6.07, 6.45) is 2.66. The number of rotatable bonds is 7. The van der Waals surface area contributed by atoms with Crippen LogP contribution in [0.5, 0.6) is 0 Å². The van der Waals surface area contributed by atoms with Crippen molar-refractivity contribution in [2.75, 3.05) is 26.2 Å². The lowest BCUT2D eigenvalue weighted by Crippen LogP contribution is -2.34. The summed E-state index contributed by atoms with van der Waals surface area (Å²) in [5, 5.41) is 8.93. The predicted octanol–water partition coefficient (Wildman–Crippen LogP) is 2.11. The third-order valence-corrected chi connectivity index (χ3v) is 4.31. The van der Waals surface area contributed by atoms with E-state index < -0.39 is 0 Å². The maximum Gasteiger partial charge on any atom is 0.251 e. The summed E-state index contributed by atoms with van der Waals surface area (Å²) in [4.78, 5) is 23.6. The van der Waals surface area contributed by atoms with Crippen LogP contribution in [0.25, 0.3) is 0 Å². The van der Waals surface area contributed by atoms with E-state index in [1.807, 2.05) is 12.1 Å². The summed E-state index contributed by atoms with van der Waals surface area (Å²) in [5.41, 5.74) is 0.614. The lowest BCUT2D eigenvalue weighted by molar-refractivity contribution is -0.121. The van der Waals surface area contributed by atoms with Crippen molar-refractivity contribution in [3.8, 4) is 0 Å². The molecule has 2 amide bonds. The van der Waals surface area contributed by atoms with Crippen LogP contribution in [0.4, 0.5) is 0 Å². The second kappa shape index (κ2) is 10.6. The lowest BCUT2D eigenvalue weighted by atomic mass is 10.0. The van der Waals surface area contributed by atoms with Gasteiger partial charge < -0.3 is 16.0 Å². The minimum Gasteiger partial charge on any atom is -0.354 e. The van der Waals surface area contributed by atoms with Crippen LogP contribution in [-0.4, -0.2) is 38.0 Å². The van der Waals surface area contributed by atoms with E-state index in [-0.39, 0.29) is 24.2 Å². The van der Waals surface area contributed by atoms with Gasteiger partial charge in [-0.25, -0.2) is 0 Å². The van der Waals surface area contributed by atoms with Crippen molar-refractivity contribution in [3.05, 3.63) is 34.3 Å². The molecule has 0 radical (unpaired) electrons. The lowest BCUT2D eigenvalue weighted by Gasteiger charge is -2.09. The van der Waals surface area contributed by atoms with Crippen LogP contribution in [0.2, 0.25) is 0 Å². The zero-order valence-electron chi connectivity index (χ0n) is 12.9. The average Bonchev–Trinajstić information content (AvgIpc) is 3.03. The van der Waals surface area contributed by atoms with Crippen LogP contribution in [0.3, 0.4) is 0 Å². The molecule has 1 aliphatic rings. The number of carbonyl (C=O) groups is 2. The molecule has 0 spiro atoms. The minimum atomic E-state index is -0.126. The average molecular weight is 405 g/mol. The van der Waals surface area contributed by atoms with Crippen molar-refractivity contribution >= 4 is 40.2 Å². The Labute approximate surface area is 151 Å². The first-order valence-corrected chi connectivity index (χ1v) is 8.45. The number of halogens is 2. The molecule has 3 N–H and O–H groups in total. The van der Waals surface area contributed by atoms with E-state index in [1.165, 1.54) is 0 Å². The van der Waals surface area contributed by atoms with Crippen LogP contribution in [-0.2, 0) is 4.79 Å². The summed E-state index contributed by atoms with van der Waals surface area (Å²) in [6, 6.07) is 7.17. The fraction of sp³-hybridized carbons (Fsp3) is 0.500. The van der Waals surface area contributed by atoms with Gasteiger partial charge in [0.15, 0.2) is 0 Å². The van der Waals surface area contributed by atoms with Gasteiger partial charge in [0.05, 0.1) is 0 Å². The van der Waals surface area contributed by atoms with Gasteiger partial charge in [0, 0.05) is 29.5 Å². The summed E-state index contributed by atoms with van der Waals surface area (Å²) in [7, 11) is 0. The zero-order chi connectivity index (χ0) is 15.8. The molecule has 7 heteroatoms. The fourth-order valence-corrected chi connectivity index (χ4v) is 2.73. The van der Waals surface area contributed by atoms with Crippen molar-refractivity contribution in [3.63, 3.8) is 0 Å². The van der Waals surface area contributed by atoms with Crippen LogP contribution < -0.4 is 16.0 Å². The van der Waals surface area contributed by atoms with Crippen molar-refractivity contribution in [2.45, 2.75) is 19.3 Å². The third-order valence-electron chi connectivity index (χ3n) is 3.78. The third kappa shape index (κ3) is 7.33. The van der Waals surface area contributed by atoms with E-state index in [0.29, 0.717) is 31.0 Å². The predicted molar refractivity (Wildman–Crippen MR) is 96.9 cm³/mol. The molecule has 128 valence electrons. The normalized spacial score (nSPS) is 16.5. The topological polar surface area (TPSA) is 70.2 Å². The summed E-state index contributed by atoms with van der Waals surface area (Å²) in [5.74, 6) is 0.562. The van der Waals surface area contributed by atoms with Gasteiger partial charge in [-0.2, -0.15) is 0 Å². The van der Waals surface area contributed by atoms with Gasteiger partial charge in [0.1, 0.15) is 0 Å². The standard InChI is InChI=1S/C16H22BrN3O2.ClH/c17-14-4-2-13(3-5-14)16(22)20-10-9-19-15(21)6-1-12-7-8-18-11-12;/h2-5,12,18H,1,6-11H2,(H,19,21)(H,20,22);1H. The molecule has 0 aliphatic carbocycles. The second-order valence-corrected chi connectivity index (χ2v) is 6.43. The Kier molecular flexibility index (Phi) is 9.21. The second-order valence-electron chi connectivity index (χ2n) is 5.51. The molecule has 1 fully saturated rings. The molecule has 23 heavy (non-hydrogen) atoms. The molecule has 1 aliphatic heterocycles. The molecular weight excluding hydrogens is 382 g/mol. The van der Waals surface area contributed by atoms with E-state index in [9.17, 15) is 9.59 Å². The molecule has 5 nitrogen and oxygen atoms in total. The van der Waals surface area contributed by atoms with E-state index in [4.69, 9.17) is 0 Å². The molecule has 0 aromatic heterocycles. The number of amides is 2. The van der Waals surface area contributed by atoms with Crippen molar-refractivity contribution in [1.82, 2.24) is 16.0 Å². The maximum atomic E-state index is 11.9. The van der Waals surface area contributed by atoms with Gasteiger partial charge >= 0.3 is 0 Å². The first kappa shape index (κ1) is 19.9. The molecule has 1 aromatic rings. The molecule has 1 unspecified atom stereocenters. The smallest absolute Gasteiger partial charge is 0.251 e. The maximum absolute atomic E-state index is 11.9. The number of benzene rings is 1. The highest BCUT2D eigenvalue weighted by Gasteiger charge is 2.15. The first-order valence-electron chi connectivity index (χ1n) is 7.66. The first-order chi connectivity index (χ1) is 10.6. The number of hydrogen-bond acceptors (Lipinski definition) is 3. The van der Waals surface area contributed by atoms with Gasteiger partial charge in [0.25, 0.3) is 5.91 Å². The molecule has 1 aromatic carbocycles. The fourth-order valence-electron chi connectivity index (χ4n) is 2.47. The quantitative estimate of drug-likeness (QED) is 0.610. The monoisotopic (exact) mass is 403 g/mol. The number of carbonyl (C=O) groups excluding carboxylic acids is 2. The molecule has 1 atom stereocenters. The zero-order valence-corrected chi connectivity index (χ0v) is 15.3. The summed E-state index contributed by atoms with van der Waals surface area (Å²) >= 11 is 3.33. The van der Waals surface area contributed by atoms with Gasteiger partial charge in [-0.1, -0.05) is 15.9 Å². The number of nitrogens with one attached hydrogen (secondary N) is 3. The van der Waals surface area contributed by atoms with E-state index in [2.05, 4.69) is 31.9 Å². The summed E-state index contributed by atoms with van der Waals surface area (Å²) in [6.45, 7) is 2.99. The van der Waals surface area contributed by atoms with Crippen molar-refractivity contribution in [1.29, 1.82) is 0 Å². The van der Waals surface area contributed by atoms with Gasteiger partial charge in [-0.15, -0.1) is 12.4 Å². The van der Waals surface area contributed by atoms with E-state index >= 15 is 0 Å². The minimum absolute atomic E-state index is 0. The van der Waals surface area contributed by atoms with Crippen LogP contribution in [0.1, 0.15) is 29.6 Å². The van der Waals surface area contributed by atoms with E-state index in [0.717, 1.165) is 30.4 Å². The molecule has 2 rings (SSSR count). The SMILES string of the molecule is Cl.O=C(CCC1CCNC1)NCCNC(=O)c1ccc(Br)cc1. The Morgan fingerprint density at radius 3 is 2.52 bits per heavy atom. The van der Waals surface area contributed by atoms with Crippen LogP contribution in [0.15, 0.2) is 28.7 Å². The van der Waals surface area contributed by atoms with E-state index in [1.54, 1.807) is 12.1 Å². The Hall–Kier alpha value is -1.11. The van der Waals surface area contributed by atoms with Crippen LogP contribution in [0, 0.1) is 5.92 Å². The molecular formula is C16H23BrClN3O2. The van der Waals surface area contributed by atoms with Gasteiger partial charge in [-0.3, -0.25) is 9.59 Å². The highest BCUT2D eigenvalue weighted by molar-refractivity contribution is 9.10. The number of hydrogen-bond donors (Lipinski definition) is 3. The molecule has 0 saturated carbocycles. The van der Waals surface area contributed by atoms with Gasteiger partial charge in [-0.05, 0) is 56.1 Å². The van der Waals surface area contributed by atoms with Crippen molar-refractivity contribution < 1.29 is 9.59 Å². The van der Waals surface area contributed by atoms with Crippen molar-refractivity contribution in [2.24, 2.45) is 5.92 Å². The molecule has 1 heterocycles. The Balaban J connectivity index is 0.00000264. The Bertz CT molecular complexity index is 505. The largest absolute Gasteiger partial charge is 0.354 e. The highest BCUT2D eigenvalue weighted by atomic mass is 79.9. The Morgan fingerprint density at radius 1 is 1.17 bits per heavy atom.